The van der Waals surface area contributed by atoms with E-state index in [1.165, 1.54) is 4.88 Å². The van der Waals surface area contributed by atoms with Crippen LogP contribution in [0.15, 0.2) is 29.8 Å². The molecule has 2 aromatic heterocycles. The van der Waals surface area contributed by atoms with Crippen LogP contribution in [0.4, 0.5) is 0 Å². The number of hydrogen-bond acceptors (Lipinski definition) is 3. The second-order valence-electron chi connectivity index (χ2n) is 3.48. The van der Waals surface area contributed by atoms with E-state index in [4.69, 9.17) is 27.9 Å². The Hall–Kier alpha value is -0.610. The Labute approximate surface area is 114 Å². The first-order valence-electron chi connectivity index (χ1n) is 5.16. The van der Waals surface area contributed by atoms with Gasteiger partial charge in [-0.15, -0.1) is 11.3 Å². The second kappa shape index (κ2) is 6.36. The lowest BCUT2D eigenvalue weighted by Gasteiger charge is -2.05. The fraction of sp³-hybridized carbons (Fsp3) is 0.250. The Bertz CT molecular complexity index is 473. The summed E-state index contributed by atoms with van der Waals surface area (Å²) in [6.07, 6.45) is 2.58. The van der Waals surface area contributed by atoms with Gasteiger partial charge in [0.1, 0.15) is 5.15 Å². The van der Waals surface area contributed by atoms with E-state index < -0.39 is 0 Å². The van der Waals surface area contributed by atoms with Gasteiger partial charge in [0.05, 0.1) is 18.2 Å². The molecule has 0 amide bonds. The lowest BCUT2D eigenvalue weighted by Crippen LogP contribution is -1.99. The maximum atomic E-state index is 6.01. The Morgan fingerprint density at radius 2 is 2.24 bits per heavy atom. The third-order valence-electron chi connectivity index (χ3n) is 2.23. The predicted octanol–water partition coefficient (Wildman–Crippen LogP) is 4.21. The van der Waals surface area contributed by atoms with E-state index >= 15 is 0 Å². The van der Waals surface area contributed by atoms with Crippen LogP contribution in [-0.4, -0.2) is 11.6 Å². The van der Waals surface area contributed by atoms with E-state index in [-0.39, 0.29) is 0 Å². The van der Waals surface area contributed by atoms with Gasteiger partial charge in [-0.25, -0.2) is 4.98 Å². The number of nitrogens with zero attached hydrogens (tertiary/aromatic N) is 1. The van der Waals surface area contributed by atoms with Gasteiger partial charge in [0.15, 0.2) is 0 Å². The van der Waals surface area contributed by atoms with Crippen LogP contribution in [-0.2, 0) is 17.8 Å². The average Bonchev–Trinajstić information content (AvgIpc) is 2.79. The molecule has 0 fully saturated rings. The fourth-order valence-corrected chi connectivity index (χ4v) is 2.46. The van der Waals surface area contributed by atoms with Crippen LogP contribution in [0, 0.1) is 0 Å². The molecule has 0 saturated carbocycles. The smallest absolute Gasteiger partial charge is 0.130 e. The van der Waals surface area contributed by atoms with Gasteiger partial charge in [-0.1, -0.05) is 29.3 Å². The summed E-state index contributed by atoms with van der Waals surface area (Å²) in [6.45, 7) is 1.15. The van der Waals surface area contributed by atoms with Gasteiger partial charge in [0.25, 0.3) is 0 Å². The van der Waals surface area contributed by atoms with Crippen molar-refractivity contribution < 1.29 is 4.74 Å². The highest BCUT2D eigenvalue weighted by atomic mass is 35.5. The quantitative estimate of drug-likeness (QED) is 0.607. The molecular formula is C12H11Cl2NOS. The largest absolute Gasteiger partial charge is 0.376 e. The average molecular weight is 288 g/mol. The number of rotatable bonds is 5. The van der Waals surface area contributed by atoms with Crippen LogP contribution in [0.2, 0.25) is 10.2 Å². The molecule has 0 aliphatic rings. The van der Waals surface area contributed by atoms with Crippen LogP contribution in [0.3, 0.4) is 0 Å². The summed E-state index contributed by atoms with van der Waals surface area (Å²) in [7, 11) is 0. The van der Waals surface area contributed by atoms with Gasteiger partial charge in [-0.2, -0.15) is 0 Å². The summed E-state index contributed by atoms with van der Waals surface area (Å²) in [6, 6.07) is 5.77. The molecule has 0 aromatic carbocycles. The molecule has 2 rings (SSSR count). The lowest BCUT2D eigenvalue weighted by atomic mass is 10.3. The molecule has 0 aliphatic carbocycles. The van der Waals surface area contributed by atoms with Crippen molar-refractivity contribution in [1.29, 1.82) is 0 Å². The highest BCUT2D eigenvalue weighted by molar-refractivity contribution is 7.09. The first kappa shape index (κ1) is 12.8. The Morgan fingerprint density at radius 3 is 2.94 bits per heavy atom. The van der Waals surface area contributed by atoms with Gasteiger partial charge < -0.3 is 4.74 Å². The molecule has 2 heterocycles. The van der Waals surface area contributed by atoms with Crippen LogP contribution < -0.4 is 0 Å². The zero-order valence-corrected chi connectivity index (χ0v) is 11.4. The normalized spacial score (nSPS) is 10.7. The predicted molar refractivity (Wildman–Crippen MR) is 71.9 cm³/mol. The zero-order valence-electron chi connectivity index (χ0n) is 9.03. The SMILES string of the molecule is Clc1cc(Cl)c(COCCc2cccs2)cn1. The van der Waals surface area contributed by atoms with Crippen molar-refractivity contribution in [3.05, 3.63) is 50.4 Å². The van der Waals surface area contributed by atoms with Crippen LogP contribution in [0.5, 0.6) is 0 Å². The molecule has 0 N–H and O–H groups in total. The van der Waals surface area contributed by atoms with E-state index in [0.717, 1.165) is 12.0 Å². The third-order valence-corrected chi connectivity index (χ3v) is 3.72. The molecule has 0 saturated heterocycles. The summed E-state index contributed by atoms with van der Waals surface area (Å²) >= 11 is 13.5. The summed E-state index contributed by atoms with van der Waals surface area (Å²) in [5.41, 5.74) is 0.863. The van der Waals surface area contributed by atoms with Gasteiger partial charge in [0.2, 0.25) is 0 Å². The van der Waals surface area contributed by atoms with E-state index in [1.807, 2.05) is 6.07 Å². The van der Waals surface area contributed by atoms with Crippen molar-refractivity contribution in [2.75, 3.05) is 6.61 Å². The number of aromatic nitrogens is 1. The highest BCUT2D eigenvalue weighted by Crippen LogP contribution is 2.19. The molecule has 0 bridgehead atoms. The third kappa shape index (κ3) is 3.96. The molecule has 0 spiro atoms. The molecule has 17 heavy (non-hydrogen) atoms. The highest BCUT2D eigenvalue weighted by Gasteiger charge is 2.02. The Balaban J connectivity index is 1.78. The number of hydrogen-bond donors (Lipinski definition) is 0. The zero-order chi connectivity index (χ0) is 12.1. The maximum absolute atomic E-state index is 6.01. The Morgan fingerprint density at radius 1 is 1.35 bits per heavy atom. The summed E-state index contributed by atoms with van der Waals surface area (Å²) < 4.78 is 5.55. The number of ether oxygens (including phenoxy) is 1. The van der Waals surface area contributed by atoms with Crippen molar-refractivity contribution in [2.24, 2.45) is 0 Å². The Kier molecular flexibility index (Phi) is 4.80. The second-order valence-corrected chi connectivity index (χ2v) is 5.31. The van der Waals surface area contributed by atoms with Crippen LogP contribution >= 0.6 is 34.5 Å². The van der Waals surface area contributed by atoms with Crippen molar-refractivity contribution in [3.8, 4) is 0 Å². The monoisotopic (exact) mass is 287 g/mol. The summed E-state index contributed by atoms with van der Waals surface area (Å²) in [4.78, 5) is 5.30. The first-order valence-corrected chi connectivity index (χ1v) is 6.79. The van der Waals surface area contributed by atoms with Crippen molar-refractivity contribution in [1.82, 2.24) is 4.98 Å². The summed E-state index contributed by atoms with van der Waals surface area (Å²) in [5.74, 6) is 0. The standard InChI is InChI=1S/C12H11Cl2NOS/c13-11-6-12(14)15-7-9(11)8-16-4-3-10-2-1-5-17-10/h1-2,5-7H,3-4,8H2. The molecule has 0 radical (unpaired) electrons. The topological polar surface area (TPSA) is 22.1 Å². The van der Waals surface area contributed by atoms with E-state index in [2.05, 4.69) is 16.4 Å². The van der Waals surface area contributed by atoms with Crippen LogP contribution in [0.25, 0.3) is 0 Å². The first-order chi connectivity index (χ1) is 8.25. The molecule has 2 nitrogen and oxygen atoms in total. The fourth-order valence-electron chi connectivity index (χ4n) is 1.35. The van der Waals surface area contributed by atoms with Gasteiger partial charge in [-0.05, 0) is 17.5 Å². The lowest BCUT2D eigenvalue weighted by molar-refractivity contribution is 0.124. The molecule has 2 aromatic rings. The molecular weight excluding hydrogens is 277 g/mol. The number of pyridine rings is 1. The van der Waals surface area contributed by atoms with Gasteiger partial charge >= 0.3 is 0 Å². The summed E-state index contributed by atoms with van der Waals surface area (Å²) in [5, 5.41) is 3.06. The van der Waals surface area contributed by atoms with E-state index in [9.17, 15) is 0 Å². The van der Waals surface area contributed by atoms with Crippen molar-refractivity contribution in [3.63, 3.8) is 0 Å². The van der Waals surface area contributed by atoms with E-state index in [0.29, 0.717) is 23.4 Å². The van der Waals surface area contributed by atoms with Crippen molar-refractivity contribution >= 4 is 34.5 Å². The van der Waals surface area contributed by atoms with Crippen LogP contribution in [0.1, 0.15) is 10.4 Å². The number of halogens is 2. The van der Waals surface area contributed by atoms with Gasteiger partial charge in [-0.3, -0.25) is 0 Å². The minimum absolute atomic E-state index is 0.400. The molecule has 5 heteroatoms. The minimum atomic E-state index is 0.400. The molecule has 0 atom stereocenters. The minimum Gasteiger partial charge on any atom is -0.376 e. The van der Waals surface area contributed by atoms with Crippen molar-refractivity contribution in [2.45, 2.75) is 13.0 Å². The van der Waals surface area contributed by atoms with Gasteiger partial charge in [0, 0.05) is 23.1 Å². The van der Waals surface area contributed by atoms with E-state index in [1.54, 1.807) is 23.6 Å². The number of thiophene rings is 1. The maximum Gasteiger partial charge on any atom is 0.130 e. The molecule has 0 unspecified atom stereocenters. The molecule has 90 valence electrons. The molecule has 0 aliphatic heterocycles.